The van der Waals surface area contributed by atoms with Crippen LogP contribution in [0, 0.1) is 0 Å². The largest absolute Gasteiger partial charge is 0.430 e. The lowest BCUT2D eigenvalue weighted by molar-refractivity contribution is 0.385. The fraction of sp³-hybridized carbons (Fsp3) is 0.200. The third-order valence-electron chi connectivity index (χ3n) is 2.87. The summed E-state index contributed by atoms with van der Waals surface area (Å²) in [5, 5.41) is 2.46. The molecule has 5 nitrogen and oxygen atoms in total. The number of hydrazine groups is 1. The molecule has 0 heterocycles. The summed E-state index contributed by atoms with van der Waals surface area (Å²) in [6.45, 7) is 0. The van der Waals surface area contributed by atoms with Crippen LogP contribution in [0.3, 0.4) is 0 Å². The Kier molecular flexibility index (Phi) is 6.53. The normalized spacial score (nSPS) is 11.0. The Balaban J connectivity index is 2.07. The summed E-state index contributed by atoms with van der Waals surface area (Å²) in [7, 11) is -1.59. The minimum absolute atomic E-state index is 0.301. The molecule has 2 aromatic carbocycles. The molecule has 22 heavy (non-hydrogen) atoms. The van der Waals surface area contributed by atoms with Crippen LogP contribution < -0.4 is 20.2 Å². The van der Waals surface area contributed by atoms with E-state index in [1.165, 1.54) is 0 Å². The molecule has 115 valence electrons. The molecule has 0 unspecified atom stereocenters. The van der Waals surface area contributed by atoms with Crippen LogP contribution in [0.5, 0.6) is 11.5 Å². The lowest BCUT2D eigenvalue weighted by atomic mass is 9.89. The van der Waals surface area contributed by atoms with Crippen LogP contribution in [0.1, 0.15) is 6.42 Å². The van der Waals surface area contributed by atoms with E-state index in [-0.39, 0.29) is 0 Å². The monoisotopic (exact) mass is 317 g/mol. The highest BCUT2D eigenvalue weighted by Gasteiger charge is 2.27. The van der Waals surface area contributed by atoms with Crippen molar-refractivity contribution in [1.82, 2.24) is 5.34 Å². The van der Waals surface area contributed by atoms with Gasteiger partial charge in [-0.1, -0.05) is 42.7 Å². The second-order valence-electron chi connectivity index (χ2n) is 4.66. The Hall–Kier alpha value is -1.75. The van der Waals surface area contributed by atoms with Crippen molar-refractivity contribution in [2.75, 3.05) is 6.16 Å². The average molecular weight is 317 g/mol. The maximum absolute atomic E-state index is 13.0. The van der Waals surface area contributed by atoms with Crippen molar-refractivity contribution in [3.05, 3.63) is 60.7 Å². The SMILES string of the molecule is NN[B]CCCP(=O)(Oc1ccccc1)Oc1ccccc1. The van der Waals surface area contributed by atoms with Gasteiger partial charge in [-0.25, -0.2) is 4.57 Å². The summed E-state index contributed by atoms with van der Waals surface area (Å²) < 4.78 is 24.3. The van der Waals surface area contributed by atoms with Crippen molar-refractivity contribution in [1.29, 1.82) is 0 Å². The summed E-state index contributed by atoms with van der Waals surface area (Å²) in [4.78, 5) is 0. The standard InChI is InChI=1S/C15H19BN2O3P/c17-18-16-12-7-13-22(19,20-14-8-3-1-4-9-14)21-15-10-5-2-6-11-15/h1-6,8-11,18H,7,12-13,17H2. The zero-order chi connectivity index (χ0) is 15.7. The molecule has 3 N–H and O–H groups in total. The maximum atomic E-state index is 13.0. The van der Waals surface area contributed by atoms with Gasteiger partial charge >= 0.3 is 7.60 Å². The van der Waals surface area contributed by atoms with Gasteiger partial charge in [-0.05, 0) is 30.7 Å². The highest BCUT2D eigenvalue weighted by molar-refractivity contribution is 7.54. The van der Waals surface area contributed by atoms with Crippen LogP contribution in [0.15, 0.2) is 60.7 Å². The number of nitrogens with one attached hydrogen (secondary N) is 1. The molecule has 2 rings (SSSR count). The quantitative estimate of drug-likeness (QED) is 0.244. The van der Waals surface area contributed by atoms with Gasteiger partial charge in [0.25, 0.3) is 0 Å². The first-order chi connectivity index (χ1) is 10.7. The van der Waals surface area contributed by atoms with Crippen molar-refractivity contribution in [2.24, 2.45) is 5.84 Å². The van der Waals surface area contributed by atoms with Crippen molar-refractivity contribution in [3.8, 4) is 11.5 Å². The van der Waals surface area contributed by atoms with Crippen molar-refractivity contribution < 1.29 is 13.6 Å². The molecule has 0 aliphatic carbocycles. The van der Waals surface area contributed by atoms with Gasteiger partial charge in [0.2, 0.25) is 7.41 Å². The van der Waals surface area contributed by atoms with Crippen molar-refractivity contribution >= 4 is 15.0 Å². The van der Waals surface area contributed by atoms with Crippen LogP contribution in [0.4, 0.5) is 0 Å². The van der Waals surface area contributed by atoms with Crippen molar-refractivity contribution in [2.45, 2.75) is 12.7 Å². The molecule has 0 fully saturated rings. The number of hydrogen-bond donors (Lipinski definition) is 2. The molecule has 0 aliphatic heterocycles. The van der Waals surface area contributed by atoms with Crippen LogP contribution in [-0.4, -0.2) is 13.6 Å². The highest BCUT2D eigenvalue weighted by Crippen LogP contribution is 2.49. The van der Waals surface area contributed by atoms with Gasteiger partial charge in [-0.2, -0.15) is 0 Å². The van der Waals surface area contributed by atoms with E-state index in [0.717, 1.165) is 0 Å². The number of hydrogen-bond acceptors (Lipinski definition) is 5. The van der Waals surface area contributed by atoms with Crippen LogP contribution in [0.2, 0.25) is 6.32 Å². The zero-order valence-electron chi connectivity index (χ0n) is 12.2. The minimum Gasteiger partial charge on any atom is -0.416 e. The lowest BCUT2D eigenvalue weighted by Gasteiger charge is -2.20. The zero-order valence-corrected chi connectivity index (χ0v) is 13.1. The topological polar surface area (TPSA) is 73.6 Å². The summed E-state index contributed by atoms with van der Waals surface area (Å²) in [6.07, 6.45) is 1.62. The summed E-state index contributed by atoms with van der Waals surface area (Å²) in [5.74, 6) is 6.25. The van der Waals surface area contributed by atoms with E-state index in [2.05, 4.69) is 5.34 Å². The van der Waals surface area contributed by atoms with E-state index in [9.17, 15) is 4.57 Å². The Morgan fingerprint density at radius 3 is 1.91 bits per heavy atom. The first-order valence-electron chi connectivity index (χ1n) is 7.08. The van der Waals surface area contributed by atoms with E-state index in [1.807, 2.05) is 36.4 Å². The van der Waals surface area contributed by atoms with Gasteiger partial charge in [-0.15, -0.1) is 0 Å². The molecular weight excluding hydrogens is 298 g/mol. The van der Waals surface area contributed by atoms with Gasteiger partial charge < -0.3 is 14.4 Å². The molecule has 1 radical (unpaired) electrons. The van der Waals surface area contributed by atoms with E-state index in [4.69, 9.17) is 14.9 Å². The van der Waals surface area contributed by atoms with Crippen molar-refractivity contribution in [3.63, 3.8) is 0 Å². The van der Waals surface area contributed by atoms with E-state index < -0.39 is 7.60 Å². The van der Waals surface area contributed by atoms with Gasteiger partial charge in [0, 0.05) is 0 Å². The van der Waals surface area contributed by atoms with Crippen LogP contribution in [0.25, 0.3) is 0 Å². The fourth-order valence-corrected chi connectivity index (χ4v) is 3.54. The molecule has 0 amide bonds. The third-order valence-corrected chi connectivity index (χ3v) is 4.72. The van der Waals surface area contributed by atoms with E-state index >= 15 is 0 Å². The second-order valence-corrected chi connectivity index (χ2v) is 6.69. The molecule has 0 bridgehead atoms. The van der Waals surface area contributed by atoms with Gasteiger partial charge in [0.1, 0.15) is 11.5 Å². The Morgan fingerprint density at radius 1 is 0.955 bits per heavy atom. The lowest BCUT2D eigenvalue weighted by Crippen LogP contribution is -2.26. The summed E-state index contributed by atoms with van der Waals surface area (Å²) in [5.41, 5.74) is 0. The molecule has 0 aliphatic rings. The molecule has 0 aromatic heterocycles. The predicted molar refractivity (Wildman–Crippen MR) is 89.1 cm³/mol. The van der Waals surface area contributed by atoms with E-state index in [1.54, 1.807) is 31.7 Å². The Bertz CT molecular complexity index is 553. The van der Waals surface area contributed by atoms with Gasteiger partial charge in [0.15, 0.2) is 0 Å². The number of rotatable bonds is 9. The van der Waals surface area contributed by atoms with E-state index in [0.29, 0.717) is 30.4 Å². The Labute approximate surface area is 131 Å². The first kappa shape index (κ1) is 16.6. The Morgan fingerprint density at radius 2 is 1.45 bits per heavy atom. The molecule has 2 aromatic rings. The van der Waals surface area contributed by atoms with Gasteiger partial charge in [0.05, 0.1) is 6.16 Å². The number of para-hydroxylation sites is 2. The molecule has 0 saturated heterocycles. The number of nitrogens with two attached hydrogens (primary N) is 1. The maximum Gasteiger partial charge on any atom is 0.430 e. The second kappa shape index (κ2) is 8.64. The smallest absolute Gasteiger partial charge is 0.416 e. The minimum atomic E-state index is -3.29. The third kappa shape index (κ3) is 5.56. The van der Waals surface area contributed by atoms with Crippen LogP contribution in [-0.2, 0) is 4.57 Å². The molecule has 0 atom stereocenters. The molecule has 0 spiro atoms. The number of benzene rings is 2. The fourth-order valence-electron chi connectivity index (χ4n) is 1.86. The predicted octanol–water partition coefficient (Wildman–Crippen LogP) is 3.23. The molecule has 7 heteroatoms. The molecule has 0 saturated carbocycles. The summed E-state index contributed by atoms with van der Waals surface area (Å²) >= 11 is 0. The van der Waals surface area contributed by atoms with Gasteiger partial charge in [-0.3, -0.25) is 5.84 Å². The van der Waals surface area contributed by atoms with Crippen LogP contribution >= 0.6 is 7.60 Å². The first-order valence-corrected chi connectivity index (χ1v) is 8.81. The highest BCUT2D eigenvalue weighted by atomic mass is 31.2. The molecular formula is C15H19BN2O3P. The summed E-state index contributed by atoms with van der Waals surface area (Å²) in [6, 6.07) is 18.1. The average Bonchev–Trinajstić information content (AvgIpc) is 2.53.